The van der Waals surface area contributed by atoms with E-state index in [1.807, 2.05) is 11.8 Å². The minimum absolute atomic E-state index is 0.324. The van der Waals surface area contributed by atoms with Crippen molar-refractivity contribution in [1.29, 1.82) is 0 Å². The maximum absolute atomic E-state index is 8.93. The van der Waals surface area contributed by atoms with Crippen LogP contribution in [-0.4, -0.2) is 35.3 Å². The third-order valence-electron chi connectivity index (χ3n) is 3.72. The first kappa shape index (κ1) is 15.3. The molecule has 2 unspecified atom stereocenters. The number of hydrogen-bond acceptors (Lipinski definition) is 3. The molecule has 1 aliphatic carbocycles. The summed E-state index contributed by atoms with van der Waals surface area (Å²) in [5.74, 6) is 2.11. The summed E-state index contributed by atoms with van der Waals surface area (Å²) < 4.78 is 0. The molecule has 17 heavy (non-hydrogen) atoms. The highest BCUT2D eigenvalue weighted by Crippen LogP contribution is 2.30. The fourth-order valence-corrected chi connectivity index (χ4v) is 3.78. The predicted molar refractivity (Wildman–Crippen MR) is 77.7 cm³/mol. The zero-order valence-corrected chi connectivity index (χ0v) is 12.3. The van der Waals surface area contributed by atoms with Crippen LogP contribution in [0.5, 0.6) is 0 Å². The van der Waals surface area contributed by atoms with Gasteiger partial charge in [0.15, 0.2) is 0 Å². The van der Waals surface area contributed by atoms with Gasteiger partial charge in [-0.2, -0.15) is 11.8 Å². The zero-order chi connectivity index (χ0) is 12.5. The number of thioether (sulfide) groups is 1. The monoisotopic (exact) mass is 259 g/mol. The molecule has 3 heteroatoms. The minimum Gasteiger partial charge on any atom is -0.396 e. The Bertz CT molecular complexity index is 183. The van der Waals surface area contributed by atoms with Crippen molar-refractivity contribution in [1.82, 2.24) is 5.32 Å². The smallest absolute Gasteiger partial charge is 0.0441 e. The van der Waals surface area contributed by atoms with E-state index in [2.05, 4.69) is 19.2 Å². The molecule has 2 N–H and O–H groups in total. The maximum atomic E-state index is 8.93. The van der Waals surface area contributed by atoms with Crippen LogP contribution in [0.4, 0.5) is 0 Å². The van der Waals surface area contributed by atoms with Crippen LogP contribution in [-0.2, 0) is 0 Å². The maximum Gasteiger partial charge on any atom is 0.0441 e. The number of hydrogen-bond donors (Lipinski definition) is 2. The topological polar surface area (TPSA) is 32.3 Å². The second-order valence-corrected chi connectivity index (χ2v) is 6.73. The van der Waals surface area contributed by atoms with E-state index in [1.54, 1.807) is 0 Å². The second-order valence-electron chi connectivity index (χ2n) is 5.26. The highest BCUT2D eigenvalue weighted by Gasteiger charge is 2.24. The van der Waals surface area contributed by atoms with E-state index < -0.39 is 0 Å². The number of rotatable bonds is 9. The lowest BCUT2D eigenvalue weighted by molar-refractivity contribution is 0.288. The molecule has 1 fully saturated rings. The van der Waals surface area contributed by atoms with Crippen molar-refractivity contribution in [3.63, 3.8) is 0 Å². The van der Waals surface area contributed by atoms with E-state index in [9.17, 15) is 0 Å². The van der Waals surface area contributed by atoms with E-state index in [4.69, 9.17) is 5.11 Å². The lowest BCUT2D eigenvalue weighted by Crippen LogP contribution is -2.38. The first-order chi connectivity index (χ1) is 8.27. The molecule has 0 spiro atoms. The van der Waals surface area contributed by atoms with Crippen LogP contribution >= 0.6 is 11.8 Å². The van der Waals surface area contributed by atoms with Gasteiger partial charge in [0.25, 0.3) is 0 Å². The van der Waals surface area contributed by atoms with Gasteiger partial charge >= 0.3 is 0 Å². The number of aliphatic hydroxyl groups excluding tert-OH is 1. The number of aliphatic hydroxyl groups is 1. The molecule has 0 aromatic heterocycles. The van der Waals surface area contributed by atoms with E-state index in [-0.39, 0.29) is 0 Å². The van der Waals surface area contributed by atoms with Gasteiger partial charge in [0.2, 0.25) is 0 Å². The average Bonchev–Trinajstić information content (AvgIpc) is 2.83. The second kappa shape index (κ2) is 9.23. The molecule has 0 heterocycles. The van der Waals surface area contributed by atoms with Crippen LogP contribution in [0.25, 0.3) is 0 Å². The Morgan fingerprint density at radius 2 is 2.06 bits per heavy atom. The Kier molecular flexibility index (Phi) is 8.33. The summed E-state index contributed by atoms with van der Waals surface area (Å²) in [5.41, 5.74) is 0. The Labute approximate surface area is 111 Å². The van der Waals surface area contributed by atoms with Crippen LogP contribution < -0.4 is 5.32 Å². The van der Waals surface area contributed by atoms with E-state index in [0.29, 0.717) is 17.9 Å². The molecular formula is C14H29NOS. The summed E-state index contributed by atoms with van der Waals surface area (Å²) in [6.45, 7) is 5.94. The van der Waals surface area contributed by atoms with Gasteiger partial charge < -0.3 is 10.4 Å². The van der Waals surface area contributed by atoms with Gasteiger partial charge in [-0.05, 0) is 38.1 Å². The summed E-state index contributed by atoms with van der Waals surface area (Å²) in [4.78, 5) is 0. The van der Waals surface area contributed by atoms with E-state index in [0.717, 1.165) is 18.9 Å². The summed E-state index contributed by atoms with van der Waals surface area (Å²) in [7, 11) is 0. The summed E-state index contributed by atoms with van der Waals surface area (Å²) >= 11 is 2.02. The van der Waals surface area contributed by atoms with Crippen LogP contribution in [0.15, 0.2) is 0 Å². The minimum atomic E-state index is 0.324. The van der Waals surface area contributed by atoms with Crippen molar-refractivity contribution in [3.05, 3.63) is 0 Å². The van der Waals surface area contributed by atoms with Gasteiger partial charge in [0.1, 0.15) is 0 Å². The van der Waals surface area contributed by atoms with E-state index >= 15 is 0 Å². The Hall–Kier alpha value is 0.270. The van der Waals surface area contributed by atoms with Crippen LogP contribution in [0.1, 0.15) is 52.4 Å². The predicted octanol–water partition coefficient (Wildman–Crippen LogP) is 3.05. The molecule has 0 aromatic carbocycles. The van der Waals surface area contributed by atoms with Crippen molar-refractivity contribution < 1.29 is 5.11 Å². The van der Waals surface area contributed by atoms with Gasteiger partial charge in [-0.3, -0.25) is 0 Å². The summed E-state index contributed by atoms with van der Waals surface area (Å²) in [6.07, 6.45) is 7.82. The molecule has 1 rings (SSSR count). The SMILES string of the molecule is CCCNC(CSC(C)CCO)C1CCCC1. The van der Waals surface area contributed by atoms with Gasteiger partial charge in [-0.15, -0.1) is 0 Å². The van der Waals surface area contributed by atoms with Crippen LogP contribution in [0.3, 0.4) is 0 Å². The van der Waals surface area contributed by atoms with E-state index in [1.165, 1.54) is 37.9 Å². The summed E-state index contributed by atoms with van der Waals surface area (Å²) in [6, 6.07) is 0.698. The van der Waals surface area contributed by atoms with Crippen molar-refractivity contribution in [2.24, 2.45) is 5.92 Å². The van der Waals surface area contributed by atoms with Gasteiger partial charge in [0, 0.05) is 23.7 Å². The highest BCUT2D eigenvalue weighted by atomic mass is 32.2. The number of nitrogens with one attached hydrogen (secondary N) is 1. The molecule has 2 nitrogen and oxygen atoms in total. The van der Waals surface area contributed by atoms with Crippen molar-refractivity contribution in [3.8, 4) is 0 Å². The molecule has 2 atom stereocenters. The fourth-order valence-electron chi connectivity index (χ4n) is 2.58. The third-order valence-corrected chi connectivity index (χ3v) is 5.08. The first-order valence-electron chi connectivity index (χ1n) is 7.23. The summed E-state index contributed by atoms with van der Waals surface area (Å²) in [5, 5.41) is 13.2. The lowest BCUT2D eigenvalue weighted by atomic mass is 10.00. The van der Waals surface area contributed by atoms with Gasteiger partial charge in [-0.25, -0.2) is 0 Å². The van der Waals surface area contributed by atoms with Crippen molar-refractivity contribution in [2.75, 3.05) is 18.9 Å². The molecule has 1 aliphatic rings. The Morgan fingerprint density at radius 3 is 2.65 bits per heavy atom. The highest BCUT2D eigenvalue weighted by molar-refractivity contribution is 7.99. The Balaban J connectivity index is 2.29. The molecule has 1 saturated carbocycles. The molecule has 0 bridgehead atoms. The normalized spacial score (nSPS) is 20.6. The average molecular weight is 259 g/mol. The zero-order valence-electron chi connectivity index (χ0n) is 11.5. The molecule has 0 aliphatic heterocycles. The standard InChI is InChI=1S/C14H29NOS/c1-3-9-15-14(13-6-4-5-7-13)11-17-12(2)8-10-16/h12-16H,3-11H2,1-2H3. The molecule has 0 saturated heterocycles. The van der Waals surface area contributed by atoms with Crippen LogP contribution in [0, 0.1) is 5.92 Å². The fraction of sp³-hybridized carbons (Fsp3) is 1.00. The van der Waals surface area contributed by atoms with Crippen molar-refractivity contribution in [2.45, 2.75) is 63.7 Å². The Morgan fingerprint density at radius 1 is 1.35 bits per heavy atom. The molecule has 102 valence electrons. The van der Waals surface area contributed by atoms with Crippen molar-refractivity contribution >= 4 is 11.8 Å². The largest absolute Gasteiger partial charge is 0.396 e. The molecule has 0 radical (unpaired) electrons. The first-order valence-corrected chi connectivity index (χ1v) is 8.28. The van der Waals surface area contributed by atoms with Crippen LogP contribution in [0.2, 0.25) is 0 Å². The van der Waals surface area contributed by atoms with Gasteiger partial charge in [0.05, 0.1) is 0 Å². The quantitative estimate of drug-likeness (QED) is 0.667. The third kappa shape index (κ3) is 6.12. The molecule has 0 amide bonds. The van der Waals surface area contributed by atoms with Gasteiger partial charge in [-0.1, -0.05) is 26.7 Å². The molecular weight excluding hydrogens is 230 g/mol. The lowest BCUT2D eigenvalue weighted by Gasteiger charge is -2.25. The molecule has 0 aromatic rings.